The van der Waals surface area contributed by atoms with Crippen LogP contribution in [-0.2, 0) is 7.05 Å². The van der Waals surface area contributed by atoms with Gasteiger partial charge in [0.05, 0.1) is 21.6 Å². The van der Waals surface area contributed by atoms with Crippen LogP contribution in [0.1, 0.15) is 15.9 Å². The van der Waals surface area contributed by atoms with Gasteiger partial charge in [0, 0.05) is 24.9 Å². The van der Waals surface area contributed by atoms with Crippen molar-refractivity contribution in [3.05, 3.63) is 99.4 Å². The molecule has 0 bridgehead atoms. The van der Waals surface area contributed by atoms with Crippen molar-refractivity contribution in [2.45, 2.75) is 6.92 Å². The Labute approximate surface area is 205 Å². The number of ether oxygens (including phenoxy) is 1. The fraction of sp³-hybridized carbons (Fsp3) is 0.0741. The summed E-state index contributed by atoms with van der Waals surface area (Å²) in [5, 5.41) is 9.88. The number of imidazole rings is 1. The van der Waals surface area contributed by atoms with E-state index in [4.69, 9.17) is 16.3 Å². The Morgan fingerprint density at radius 3 is 2.43 bits per heavy atom. The molecule has 3 aromatic carbocycles. The lowest BCUT2D eigenvalue weighted by Gasteiger charge is -2.08. The number of hydrogen-bond donors (Lipinski definition) is 2. The van der Waals surface area contributed by atoms with Crippen LogP contribution in [-0.4, -0.2) is 25.6 Å². The lowest BCUT2D eigenvalue weighted by Crippen LogP contribution is -2.13. The first kappa shape index (κ1) is 22.4. The number of aryl methyl sites for hydroxylation is 2. The second kappa shape index (κ2) is 8.77. The van der Waals surface area contributed by atoms with Gasteiger partial charge in [-0.1, -0.05) is 41.9 Å². The summed E-state index contributed by atoms with van der Waals surface area (Å²) < 4.78 is 7.33. The minimum atomic E-state index is -1.02. The lowest BCUT2D eigenvalue weighted by atomic mass is 10.0. The number of fused-ring (bicyclic) bond motifs is 1. The monoisotopic (exact) mass is 485 g/mol. The molecule has 0 saturated heterocycles. The number of aromatic nitrogens is 3. The highest BCUT2D eigenvalue weighted by molar-refractivity contribution is 6.34. The zero-order valence-electron chi connectivity index (χ0n) is 18.9. The minimum absolute atomic E-state index is 0.0579. The van der Waals surface area contributed by atoms with Gasteiger partial charge in [-0.25, -0.2) is 4.79 Å². The normalized spacial score (nSPS) is 11.1. The Bertz CT molecular complexity index is 1650. The Morgan fingerprint density at radius 1 is 1.00 bits per heavy atom. The van der Waals surface area contributed by atoms with Gasteiger partial charge in [-0.2, -0.15) is 4.98 Å². The van der Waals surface area contributed by atoms with Crippen LogP contribution in [0.5, 0.6) is 11.8 Å². The Hall–Kier alpha value is -4.36. The molecule has 0 fully saturated rings. The van der Waals surface area contributed by atoms with Crippen LogP contribution in [0.2, 0.25) is 5.02 Å². The maximum absolute atomic E-state index is 11.7. The van der Waals surface area contributed by atoms with Crippen molar-refractivity contribution < 1.29 is 14.6 Å². The van der Waals surface area contributed by atoms with E-state index in [1.54, 1.807) is 55.1 Å². The predicted octanol–water partition coefficient (Wildman–Crippen LogP) is 6.05. The summed E-state index contributed by atoms with van der Waals surface area (Å²) in [5.41, 5.74) is 5.77. The molecule has 0 saturated carbocycles. The van der Waals surface area contributed by atoms with Crippen molar-refractivity contribution in [1.82, 2.24) is 14.5 Å². The number of hydrogen-bond acceptors (Lipinski definition) is 4. The molecule has 5 aromatic rings. The van der Waals surface area contributed by atoms with E-state index in [9.17, 15) is 14.7 Å². The van der Waals surface area contributed by atoms with Crippen LogP contribution in [0.3, 0.4) is 0 Å². The molecule has 5 rings (SSSR count). The number of halogens is 1. The molecule has 7 nitrogen and oxygen atoms in total. The largest absolute Gasteiger partial charge is 0.478 e. The molecule has 8 heteroatoms. The van der Waals surface area contributed by atoms with Gasteiger partial charge in [-0.15, -0.1) is 0 Å². The molecule has 0 atom stereocenters. The molecule has 0 radical (unpaired) electrons. The third kappa shape index (κ3) is 4.41. The number of carboxylic acids is 1. The van der Waals surface area contributed by atoms with E-state index in [1.165, 1.54) is 6.07 Å². The van der Waals surface area contributed by atoms with Gasteiger partial charge in [0.1, 0.15) is 5.75 Å². The highest BCUT2D eigenvalue weighted by atomic mass is 35.5. The summed E-state index contributed by atoms with van der Waals surface area (Å²) >= 11 is 6.58. The summed E-state index contributed by atoms with van der Waals surface area (Å²) in [6, 6.07) is 20.0. The SMILES string of the molecule is Cc1ccc(Oc2nc3cc(-c4ccc(-c5ccc(=O)n(C)c5)cc4)c(Cl)cc3[nH]2)cc1C(=O)O. The average Bonchev–Trinajstić information content (AvgIpc) is 3.22. The van der Waals surface area contributed by atoms with E-state index in [-0.39, 0.29) is 17.1 Å². The number of aromatic carboxylic acids is 1. The summed E-state index contributed by atoms with van der Waals surface area (Å²) in [6.07, 6.45) is 1.80. The smallest absolute Gasteiger partial charge is 0.336 e. The topological polar surface area (TPSA) is 97.2 Å². The zero-order chi connectivity index (χ0) is 24.7. The first-order valence-corrected chi connectivity index (χ1v) is 11.1. The first-order valence-electron chi connectivity index (χ1n) is 10.8. The summed E-state index contributed by atoms with van der Waals surface area (Å²) in [7, 11) is 1.72. The Kier molecular flexibility index (Phi) is 5.62. The molecule has 35 heavy (non-hydrogen) atoms. The highest BCUT2D eigenvalue weighted by Gasteiger charge is 2.13. The van der Waals surface area contributed by atoms with Crippen LogP contribution in [0, 0.1) is 6.92 Å². The number of nitrogens with zero attached hydrogens (tertiary/aromatic N) is 2. The molecule has 174 valence electrons. The molecule has 0 aliphatic rings. The number of nitrogens with one attached hydrogen (secondary N) is 1. The zero-order valence-corrected chi connectivity index (χ0v) is 19.6. The van der Waals surface area contributed by atoms with E-state index in [2.05, 4.69) is 9.97 Å². The number of aromatic amines is 1. The lowest BCUT2D eigenvalue weighted by molar-refractivity contribution is 0.0695. The standard InChI is InChI=1S/C27H20ClN3O4/c1-15-3-9-19(11-20(15)26(33)34)35-27-29-23-12-21(22(28)13-24(23)30-27)17-6-4-16(5-7-17)18-8-10-25(32)31(2)14-18/h3-14H,1-2H3,(H,29,30)(H,33,34). The maximum Gasteiger partial charge on any atom is 0.336 e. The molecule has 0 amide bonds. The number of benzene rings is 3. The van der Waals surface area contributed by atoms with Gasteiger partial charge in [0.25, 0.3) is 6.01 Å². The van der Waals surface area contributed by atoms with Crippen LogP contribution in [0.15, 0.2) is 77.7 Å². The van der Waals surface area contributed by atoms with Gasteiger partial charge in [0.2, 0.25) is 5.56 Å². The van der Waals surface area contributed by atoms with Gasteiger partial charge < -0.3 is 19.4 Å². The summed E-state index contributed by atoms with van der Waals surface area (Å²) in [6.45, 7) is 1.73. The number of carboxylic acid groups (broad SMARTS) is 1. The van der Waals surface area contributed by atoms with Crippen LogP contribution in [0.25, 0.3) is 33.3 Å². The fourth-order valence-electron chi connectivity index (χ4n) is 3.89. The molecule has 2 N–H and O–H groups in total. The van der Waals surface area contributed by atoms with Gasteiger partial charge in [-0.05, 0) is 59.5 Å². The first-order chi connectivity index (χ1) is 16.8. The van der Waals surface area contributed by atoms with Gasteiger partial charge in [0.15, 0.2) is 0 Å². The number of carbonyl (C=O) groups is 1. The second-order valence-corrected chi connectivity index (χ2v) is 8.63. The van der Waals surface area contributed by atoms with E-state index >= 15 is 0 Å². The van der Waals surface area contributed by atoms with E-state index in [1.807, 2.05) is 30.3 Å². The third-order valence-corrected chi connectivity index (χ3v) is 6.13. The molecule has 0 unspecified atom stereocenters. The van der Waals surface area contributed by atoms with E-state index < -0.39 is 5.97 Å². The van der Waals surface area contributed by atoms with Crippen molar-refractivity contribution in [2.75, 3.05) is 0 Å². The van der Waals surface area contributed by atoms with Crippen LogP contribution < -0.4 is 10.3 Å². The van der Waals surface area contributed by atoms with Crippen molar-refractivity contribution in [1.29, 1.82) is 0 Å². The average molecular weight is 486 g/mol. The summed E-state index contributed by atoms with van der Waals surface area (Å²) in [5.74, 6) is -0.649. The molecule has 0 aliphatic heterocycles. The van der Waals surface area contributed by atoms with E-state index in [0.717, 1.165) is 22.3 Å². The van der Waals surface area contributed by atoms with Crippen molar-refractivity contribution in [3.8, 4) is 34.0 Å². The third-order valence-electron chi connectivity index (χ3n) is 5.82. The van der Waals surface area contributed by atoms with Gasteiger partial charge in [-0.3, -0.25) is 4.79 Å². The molecule has 0 spiro atoms. The Morgan fingerprint density at radius 2 is 1.71 bits per heavy atom. The summed E-state index contributed by atoms with van der Waals surface area (Å²) in [4.78, 5) is 30.6. The quantitative estimate of drug-likeness (QED) is 0.316. The molecule has 2 aromatic heterocycles. The number of pyridine rings is 1. The maximum atomic E-state index is 11.7. The molecular formula is C27H20ClN3O4. The van der Waals surface area contributed by atoms with Crippen LogP contribution in [0.4, 0.5) is 0 Å². The molecule has 0 aliphatic carbocycles. The number of rotatable bonds is 5. The molecular weight excluding hydrogens is 466 g/mol. The van der Waals surface area contributed by atoms with Crippen molar-refractivity contribution in [3.63, 3.8) is 0 Å². The Balaban J connectivity index is 1.44. The van der Waals surface area contributed by atoms with Crippen LogP contribution >= 0.6 is 11.6 Å². The predicted molar refractivity (Wildman–Crippen MR) is 135 cm³/mol. The second-order valence-electron chi connectivity index (χ2n) is 8.22. The van der Waals surface area contributed by atoms with Crippen molar-refractivity contribution in [2.24, 2.45) is 7.05 Å². The van der Waals surface area contributed by atoms with E-state index in [0.29, 0.717) is 27.4 Å². The van der Waals surface area contributed by atoms with Gasteiger partial charge >= 0.3 is 5.97 Å². The highest BCUT2D eigenvalue weighted by Crippen LogP contribution is 2.34. The minimum Gasteiger partial charge on any atom is -0.478 e. The van der Waals surface area contributed by atoms with Crippen molar-refractivity contribution >= 4 is 28.6 Å². The number of H-pyrrole nitrogens is 1. The molecule has 2 heterocycles. The fourth-order valence-corrected chi connectivity index (χ4v) is 4.16.